The topological polar surface area (TPSA) is 75.9 Å². The highest BCUT2D eigenvalue weighted by Gasteiger charge is 2.07. The molecule has 21 heavy (non-hydrogen) atoms. The van der Waals surface area contributed by atoms with Crippen LogP contribution in [0.2, 0.25) is 5.02 Å². The summed E-state index contributed by atoms with van der Waals surface area (Å²) in [5.41, 5.74) is 4.31. The number of nitrogens with zero attached hydrogens (tertiary/aromatic N) is 2. The number of rotatable bonds is 4. The van der Waals surface area contributed by atoms with E-state index in [1.807, 2.05) is 48.5 Å². The zero-order chi connectivity index (χ0) is 14.7. The lowest BCUT2D eigenvalue weighted by Gasteiger charge is -2.11. The van der Waals surface area contributed by atoms with Crippen LogP contribution in [0.25, 0.3) is 10.9 Å². The molecule has 2 aromatic carbocycles. The van der Waals surface area contributed by atoms with Gasteiger partial charge in [-0.3, -0.25) is 5.43 Å². The molecule has 5 nitrogen and oxygen atoms in total. The zero-order valence-corrected chi connectivity index (χ0v) is 11.9. The molecule has 1 aromatic heterocycles. The number of nitrogens with two attached hydrogens (primary N) is 1. The number of fused-ring (bicyclic) bond motifs is 1. The van der Waals surface area contributed by atoms with Crippen molar-refractivity contribution in [2.24, 2.45) is 5.84 Å². The van der Waals surface area contributed by atoms with Gasteiger partial charge in [-0.15, -0.1) is 0 Å². The van der Waals surface area contributed by atoms with E-state index in [0.29, 0.717) is 18.3 Å². The van der Waals surface area contributed by atoms with Crippen LogP contribution in [-0.4, -0.2) is 9.97 Å². The van der Waals surface area contributed by atoms with E-state index in [1.54, 1.807) is 0 Å². The van der Waals surface area contributed by atoms with Crippen LogP contribution in [0.15, 0.2) is 48.5 Å². The molecule has 0 spiro atoms. The molecular weight excluding hydrogens is 286 g/mol. The third-order valence-electron chi connectivity index (χ3n) is 3.14. The van der Waals surface area contributed by atoms with Crippen LogP contribution in [0.1, 0.15) is 5.56 Å². The monoisotopic (exact) mass is 299 g/mol. The Morgan fingerprint density at radius 3 is 2.57 bits per heavy atom. The van der Waals surface area contributed by atoms with Crippen molar-refractivity contribution in [2.45, 2.75) is 6.54 Å². The lowest BCUT2D eigenvalue weighted by Crippen LogP contribution is -2.12. The molecule has 0 amide bonds. The average molecular weight is 300 g/mol. The second-order valence-electron chi connectivity index (χ2n) is 4.50. The van der Waals surface area contributed by atoms with Gasteiger partial charge in [0.2, 0.25) is 5.95 Å². The van der Waals surface area contributed by atoms with Crippen LogP contribution in [0.4, 0.5) is 11.8 Å². The quantitative estimate of drug-likeness (QED) is 0.509. The minimum Gasteiger partial charge on any atom is -0.365 e. The second-order valence-corrected chi connectivity index (χ2v) is 4.91. The van der Waals surface area contributed by atoms with Crippen molar-refractivity contribution in [3.63, 3.8) is 0 Å². The number of benzene rings is 2. The molecule has 4 N–H and O–H groups in total. The first-order chi connectivity index (χ1) is 10.3. The lowest BCUT2D eigenvalue weighted by molar-refractivity contribution is 1.09. The smallest absolute Gasteiger partial charge is 0.239 e. The summed E-state index contributed by atoms with van der Waals surface area (Å²) in [6.07, 6.45) is 0. The van der Waals surface area contributed by atoms with Crippen molar-refractivity contribution in [3.05, 3.63) is 59.1 Å². The average Bonchev–Trinajstić information content (AvgIpc) is 2.53. The van der Waals surface area contributed by atoms with E-state index in [1.165, 1.54) is 0 Å². The fourth-order valence-corrected chi connectivity index (χ4v) is 2.30. The first kappa shape index (κ1) is 13.6. The number of nitrogens with one attached hydrogen (secondary N) is 2. The number of hydrazine groups is 1. The predicted molar refractivity (Wildman–Crippen MR) is 86.1 cm³/mol. The van der Waals surface area contributed by atoms with Gasteiger partial charge in [0.1, 0.15) is 5.82 Å². The fourth-order valence-electron chi connectivity index (χ4n) is 2.10. The van der Waals surface area contributed by atoms with Crippen LogP contribution in [0.3, 0.4) is 0 Å². The first-order valence-electron chi connectivity index (χ1n) is 6.48. The maximum absolute atomic E-state index is 6.16. The molecular formula is C15H14ClN5. The zero-order valence-electron chi connectivity index (χ0n) is 11.2. The van der Waals surface area contributed by atoms with Gasteiger partial charge in [-0.25, -0.2) is 10.8 Å². The van der Waals surface area contributed by atoms with E-state index in [9.17, 15) is 0 Å². The van der Waals surface area contributed by atoms with Crippen molar-refractivity contribution in [1.82, 2.24) is 9.97 Å². The normalized spacial score (nSPS) is 10.6. The molecule has 0 saturated carbocycles. The molecule has 0 aliphatic rings. The lowest BCUT2D eigenvalue weighted by atomic mass is 10.2. The van der Waals surface area contributed by atoms with Crippen molar-refractivity contribution in [2.75, 3.05) is 10.7 Å². The Kier molecular flexibility index (Phi) is 3.85. The maximum Gasteiger partial charge on any atom is 0.239 e. The van der Waals surface area contributed by atoms with Gasteiger partial charge in [-0.05, 0) is 23.8 Å². The van der Waals surface area contributed by atoms with E-state index >= 15 is 0 Å². The molecule has 0 unspecified atom stereocenters. The van der Waals surface area contributed by atoms with Crippen molar-refractivity contribution < 1.29 is 0 Å². The number of nitrogen functional groups attached to an aromatic ring is 1. The van der Waals surface area contributed by atoms with Crippen molar-refractivity contribution >= 4 is 34.3 Å². The van der Waals surface area contributed by atoms with Crippen LogP contribution < -0.4 is 16.6 Å². The van der Waals surface area contributed by atoms with Gasteiger partial charge < -0.3 is 5.32 Å². The Bertz CT molecular complexity index is 775. The molecule has 0 atom stereocenters. The molecule has 0 bridgehead atoms. The van der Waals surface area contributed by atoms with Gasteiger partial charge in [-0.1, -0.05) is 41.9 Å². The van der Waals surface area contributed by atoms with Gasteiger partial charge in [0.05, 0.1) is 5.52 Å². The fraction of sp³-hybridized carbons (Fsp3) is 0.0667. The minimum absolute atomic E-state index is 0.371. The summed E-state index contributed by atoms with van der Waals surface area (Å²) in [4.78, 5) is 8.68. The first-order valence-corrected chi connectivity index (χ1v) is 6.86. The number of aromatic nitrogens is 2. The summed E-state index contributed by atoms with van der Waals surface area (Å²) < 4.78 is 0. The van der Waals surface area contributed by atoms with E-state index in [2.05, 4.69) is 20.7 Å². The Balaban J connectivity index is 1.94. The largest absolute Gasteiger partial charge is 0.365 e. The van der Waals surface area contributed by atoms with Gasteiger partial charge in [-0.2, -0.15) is 4.98 Å². The highest BCUT2D eigenvalue weighted by molar-refractivity contribution is 6.31. The van der Waals surface area contributed by atoms with Gasteiger partial charge in [0, 0.05) is 17.0 Å². The Morgan fingerprint density at radius 2 is 1.76 bits per heavy atom. The van der Waals surface area contributed by atoms with Crippen molar-refractivity contribution in [3.8, 4) is 0 Å². The molecule has 3 rings (SSSR count). The summed E-state index contributed by atoms with van der Waals surface area (Å²) in [7, 11) is 0. The van der Waals surface area contributed by atoms with Crippen molar-refractivity contribution in [1.29, 1.82) is 0 Å². The number of halogens is 1. The number of hydrogen-bond donors (Lipinski definition) is 3. The van der Waals surface area contributed by atoms with E-state index in [0.717, 1.165) is 21.5 Å². The SMILES string of the molecule is NNc1nc(NCc2ccccc2Cl)c2ccccc2n1. The molecule has 0 radical (unpaired) electrons. The van der Waals surface area contributed by atoms with E-state index < -0.39 is 0 Å². The molecule has 0 fully saturated rings. The second kappa shape index (κ2) is 5.95. The molecule has 0 saturated heterocycles. The predicted octanol–water partition coefficient (Wildman–Crippen LogP) is 3.18. The number of hydrogen-bond acceptors (Lipinski definition) is 5. The highest BCUT2D eigenvalue weighted by atomic mass is 35.5. The highest BCUT2D eigenvalue weighted by Crippen LogP contribution is 2.23. The molecule has 106 valence electrons. The third-order valence-corrected chi connectivity index (χ3v) is 3.51. The Morgan fingerprint density at radius 1 is 1.00 bits per heavy atom. The Labute approximate surface area is 127 Å². The molecule has 0 aliphatic carbocycles. The minimum atomic E-state index is 0.371. The molecule has 3 aromatic rings. The van der Waals surface area contributed by atoms with Crippen LogP contribution in [0.5, 0.6) is 0 Å². The van der Waals surface area contributed by atoms with Crippen LogP contribution in [0, 0.1) is 0 Å². The third kappa shape index (κ3) is 2.89. The standard InChI is InChI=1S/C15H14ClN5/c16-12-7-3-1-5-10(12)9-18-14-11-6-2-4-8-13(11)19-15(20-14)21-17/h1-8H,9,17H2,(H2,18,19,20,21). The maximum atomic E-state index is 6.16. The molecule has 1 heterocycles. The number of para-hydroxylation sites is 1. The van der Waals surface area contributed by atoms with E-state index in [-0.39, 0.29) is 0 Å². The summed E-state index contributed by atoms with van der Waals surface area (Å²) >= 11 is 6.16. The molecule has 0 aliphatic heterocycles. The summed E-state index contributed by atoms with van der Waals surface area (Å²) in [6, 6.07) is 15.4. The van der Waals surface area contributed by atoms with Crippen LogP contribution in [-0.2, 0) is 6.54 Å². The summed E-state index contributed by atoms with van der Waals surface area (Å²) in [6.45, 7) is 0.574. The van der Waals surface area contributed by atoms with Gasteiger partial charge >= 0.3 is 0 Å². The summed E-state index contributed by atoms with van der Waals surface area (Å²) in [5, 5.41) is 4.94. The van der Waals surface area contributed by atoms with Crippen LogP contribution >= 0.6 is 11.6 Å². The Hall–Kier alpha value is -2.37. The van der Waals surface area contributed by atoms with E-state index in [4.69, 9.17) is 17.4 Å². The van der Waals surface area contributed by atoms with Gasteiger partial charge in [0.25, 0.3) is 0 Å². The summed E-state index contributed by atoms with van der Waals surface area (Å²) in [5.74, 6) is 6.50. The van der Waals surface area contributed by atoms with Gasteiger partial charge in [0.15, 0.2) is 0 Å². The number of anilines is 2. The molecule has 6 heteroatoms.